The van der Waals surface area contributed by atoms with Crippen LogP contribution in [-0.2, 0) is 29.7 Å². The highest BCUT2D eigenvalue weighted by Gasteiger charge is 2.48. The van der Waals surface area contributed by atoms with Gasteiger partial charge in [-0.3, -0.25) is 9.59 Å². The van der Waals surface area contributed by atoms with Gasteiger partial charge >= 0.3 is 5.97 Å². The Balaban J connectivity index is 2.34. The van der Waals surface area contributed by atoms with Crippen molar-refractivity contribution < 1.29 is 32.6 Å². The second kappa shape index (κ2) is 9.91. The van der Waals surface area contributed by atoms with E-state index in [4.69, 9.17) is 14.2 Å². The maximum atomic E-state index is 15.2. The van der Waals surface area contributed by atoms with Crippen LogP contribution in [0.25, 0.3) is 0 Å². The number of carbonyl (C=O) groups is 2. The molecule has 0 radical (unpaired) electrons. The Morgan fingerprint density at radius 1 is 1.17 bits per heavy atom. The lowest BCUT2D eigenvalue weighted by molar-refractivity contribution is -0.149. The van der Waals surface area contributed by atoms with Gasteiger partial charge in [-0.05, 0) is 34.1 Å². The third-order valence-corrected chi connectivity index (χ3v) is 5.15. The zero-order valence-corrected chi connectivity index (χ0v) is 18.4. The minimum atomic E-state index is -3.38. The molecular formula is C20H31F2N3O5. The lowest BCUT2D eigenvalue weighted by Crippen LogP contribution is -2.37. The van der Waals surface area contributed by atoms with Crippen molar-refractivity contribution in [2.75, 3.05) is 14.2 Å². The van der Waals surface area contributed by atoms with Gasteiger partial charge in [0, 0.05) is 39.0 Å². The Morgan fingerprint density at radius 3 is 2.37 bits per heavy atom. The minimum absolute atomic E-state index is 0.0331. The number of Topliss-reactive ketones (excluding diaryl/α,β-unsaturated/α-hetero) is 1. The van der Waals surface area contributed by atoms with E-state index in [0.29, 0.717) is 0 Å². The lowest BCUT2D eigenvalue weighted by atomic mass is 9.82. The number of nitrogens with zero attached hydrogens (tertiary/aromatic N) is 3. The van der Waals surface area contributed by atoms with Crippen molar-refractivity contribution in [3.05, 3.63) is 11.4 Å². The van der Waals surface area contributed by atoms with E-state index in [1.165, 1.54) is 18.9 Å². The fourth-order valence-corrected chi connectivity index (χ4v) is 3.76. The van der Waals surface area contributed by atoms with Crippen LogP contribution in [0, 0.1) is 5.92 Å². The minimum Gasteiger partial charge on any atom is -0.463 e. The smallest absolute Gasteiger partial charge is 0.306 e. The van der Waals surface area contributed by atoms with Crippen molar-refractivity contribution in [2.24, 2.45) is 5.92 Å². The molecule has 0 N–H and O–H groups in total. The third kappa shape index (κ3) is 5.40. The molecule has 0 spiro atoms. The first-order valence-electron chi connectivity index (χ1n) is 10.1. The van der Waals surface area contributed by atoms with Gasteiger partial charge in [-0.2, -0.15) is 8.78 Å². The van der Waals surface area contributed by atoms with E-state index in [1.807, 2.05) is 13.8 Å². The second-order valence-corrected chi connectivity index (χ2v) is 8.14. The van der Waals surface area contributed by atoms with Crippen LogP contribution < -0.4 is 0 Å². The van der Waals surface area contributed by atoms with Crippen molar-refractivity contribution in [2.45, 2.75) is 83.7 Å². The summed E-state index contributed by atoms with van der Waals surface area (Å²) >= 11 is 0. The van der Waals surface area contributed by atoms with E-state index in [1.54, 1.807) is 13.8 Å². The van der Waals surface area contributed by atoms with Crippen molar-refractivity contribution in [1.82, 2.24) is 15.0 Å². The van der Waals surface area contributed by atoms with Crippen LogP contribution in [0.3, 0.4) is 0 Å². The molecule has 1 unspecified atom stereocenters. The summed E-state index contributed by atoms with van der Waals surface area (Å²) in [6.07, 6.45) is -2.85. The van der Waals surface area contributed by atoms with E-state index in [2.05, 4.69) is 10.3 Å². The number of halogens is 2. The number of esters is 1. The van der Waals surface area contributed by atoms with E-state index in [9.17, 15) is 9.59 Å². The second-order valence-electron chi connectivity index (χ2n) is 8.14. The highest BCUT2D eigenvalue weighted by Crippen LogP contribution is 2.44. The molecule has 3 atom stereocenters. The van der Waals surface area contributed by atoms with Crippen molar-refractivity contribution in [3.8, 4) is 0 Å². The molecule has 30 heavy (non-hydrogen) atoms. The molecule has 0 aromatic carbocycles. The zero-order valence-electron chi connectivity index (χ0n) is 18.4. The van der Waals surface area contributed by atoms with Crippen LogP contribution >= 0.6 is 0 Å². The monoisotopic (exact) mass is 431 g/mol. The molecule has 1 aromatic rings. The maximum Gasteiger partial charge on any atom is 0.306 e. The molecule has 0 saturated heterocycles. The number of carbonyl (C=O) groups excluding carboxylic acids is 2. The first-order chi connectivity index (χ1) is 14.0. The molecule has 2 rings (SSSR count). The number of aromatic nitrogens is 3. The highest BCUT2D eigenvalue weighted by molar-refractivity contribution is 5.85. The van der Waals surface area contributed by atoms with E-state index < -0.39 is 47.9 Å². The fraction of sp³-hybridized carbons (Fsp3) is 0.800. The quantitative estimate of drug-likeness (QED) is 0.583. The lowest BCUT2D eigenvalue weighted by Gasteiger charge is -2.33. The van der Waals surface area contributed by atoms with Gasteiger partial charge in [0.05, 0.1) is 24.3 Å². The summed E-state index contributed by atoms with van der Waals surface area (Å²) in [7, 11) is 2.85. The van der Waals surface area contributed by atoms with E-state index in [-0.39, 0.29) is 37.1 Å². The van der Waals surface area contributed by atoms with Gasteiger partial charge in [0.25, 0.3) is 5.92 Å². The molecule has 10 heteroatoms. The molecule has 0 bridgehead atoms. The number of hydrogen-bond acceptors (Lipinski definition) is 7. The molecule has 1 aliphatic carbocycles. The fourth-order valence-electron chi connectivity index (χ4n) is 3.76. The van der Waals surface area contributed by atoms with Crippen LogP contribution in [0.2, 0.25) is 0 Å². The predicted octanol–water partition coefficient (Wildman–Crippen LogP) is 3.36. The van der Waals surface area contributed by atoms with Gasteiger partial charge in [-0.25, -0.2) is 4.68 Å². The summed E-state index contributed by atoms with van der Waals surface area (Å²) in [4.78, 5) is 24.5. The average Bonchev–Trinajstić information content (AvgIpc) is 3.09. The number of ketones is 1. The van der Waals surface area contributed by atoms with E-state index >= 15 is 8.78 Å². The maximum absolute atomic E-state index is 15.2. The molecule has 0 fully saturated rings. The van der Waals surface area contributed by atoms with Crippen LogP contribution in [-0.4, -0.2) is 53.2 Å². The van der Waals surface area contributed by atoms with Gasteiger partial charge in [-0.1, -0.05) is 5.21 Å². The van der Waals surface area contributed by atoms with Gasteiger partial charge in [0.1, 0.15) is 11.9 Å². The summed E-state index contributed by atoms with van der Waals surface area (Å²) in [5.41, 5.74) is -0.336. The molecule has 1 aromatic heterocycles. The molecule has 170 valence electrons. The molecule has 0 amide bonds. The average molecular weight is 431 g/mol. The van der Waals surface area contributed by atoms with Crippen LogP contribution in [0.1, 0.15) is 76.9 Å². The van der Waals surface area contributed by atoms with Crippen molar-refractivity contribution >= 4 is 11.8 Å². The molecular weight excluding hydrogens is 400 g/mol. The number of hydrogen-bond donors (Lipinski definition) is 0. The molecule has 0 saturated carbocycles. The first-order valence-corrected chi connectivity index (χ1v) is 10.1. The molecule has 1 aliphatic rings. The number of methoxy groups -OCH3 is 2. The normalized spacial score (nSPS) is 23.7. The molecule has 8 nitrogen and oxygen atoms in total. The molecule has 1 heterocycles. The van der Waals surface area contributed by atoms with Crippen LogP contribution in [0.15, 0.2) is 0 Å². The largest absolute Gasteiger partial charge is 0.463 e. The summed E-state index contributed by atoms with van der Waals surface area (Å²) < 4.78 is 47.8. The van der Waals surface area contributed by atoms with Gasteiger partial charge in [0.2, 0.25) is 0 Å². The third-order valence-electron chi connectivity index (χ3n) is 5.15. The SMILES string of the molecule is CO[C@H]1CC(C(=O)CCC(=O)OC(C)C)CC(F)(F)c2nnn(C(C)C)c2[C@@H]1OC. The summed E-state index contributed by atoms with van der Waals surface area (Å²) in [5, 5.41) is 7.65. The summed E-state index contributed by atoms with van der Waals surface area (Å²) in [5.74, 6) is -5.37. The number of fused-ring (bicyclic) bond motifs is 1. The Bertz CT molecular complexity index is 751. The van der Waals surface area contributed by atoms with E-state index in [0.717, 1.165) is 0 Å². The Hall–Kier alpha value is -1.94. The van der Waals surface area contributed by atoms with Crippen LogP contribution in [0.4, 0.5) is 8.78 Å². The van der Waals surface area contributed by atoms with Gasteiger partial charge in [0.15, 0.2) is 5.69 Å². The summed E-state index contributed by atoms with van der Waals surface area (Å²) in [6.45, 7) is 7.02. The number of ether oxygens (including phenoxy) is 3. The number of rotatable bonds is 8. The van der Waals surface area contributed by atoms with Gasteiger partial charge < -0.3 is 14.2 Å². The van der Waals surface area contributed by atoms with Crippen molar-refractivity contribution in [1.29, 1.82) is 0 Å². The highest BCUT2D eigenvalue weighted by atomic mass is 19.3. The molecule has 0 aliphatic heterocycles. The van der Waals surface area contributed by atoms with Crippen LogP contribution in [0.5, 0.6) is 0 Å². The Morgan fingerprint density at radius 2 is 1.83 bits per heavy atom. The number of alkyl halides is 2. The zero-order chi connectivity index (χ0) is 22.6. The predicted molar refractivity (Wildman–Crippen MR) is 103 cm³/mol. The van der Waals surface area contributed by atoms with Gasteiger partial charge in [-0.15, -0.1) is 5.10 Å². The standard InChI is InChI=1S/C20H31F2N3O5/c1-11(2)25-17-18(29-6)15(28-5)9-13(10-20(21,22)19(17)23-24-25)14(26)7-8-16(27)30-12(3)4/h11-13,15,18H,7-10H2,1-6H3/t13?,15-,18+/m0/s1. The first kappa shape index (κ1) is 24.3. The topological polar surface area (TPSA) is 92.5 Å². The Kier molecular flexibility index (Phi) is 8.04. The Labute approximate surface area is 175 Å². The summed E-state index contributed by atoms with van der Waals surface area (Å²) in [6, 6.07) is -0.212. The van der Waals surface area contributed by atoms with Crippen molar-refractivity contribution in [3.63, 3.8) is 0 Å².